The number of nitrogens with zero attached hydrogens (tertiary/aromatic N) is 6. The molecule has 11 heteroatoms. The highest BCUT2D eigenvalue weighted by molar-refractivity contribution is 6.35. The van der Waals surface area contributed by atoms with E-state index in [1.54, 1.807) is 17.9 Å². The SMILES string of the molecule is Cc1c(-c2c(O)cccc2F)c(Cl)cc2c(N3CCN(C(=O)OC(C)(C)C)CC3)c(C#N)c(N3CC(N(C)C)C3)nc12. The topological polar surface area (TPSA) is 96.2 Å². The van der Waals surface area contributed by atoms with Gasteiger partial charge < -0.3 is 29.4 Å². The van der Waals surface area contributed by atoms with E-state index in [1.807, 2.05) is 34.9 Å². The molecule has 3 heterocycles. The molecule has 9 nitrogen and oxygen atoms in total. The standard InChI is InChI=1S/C31H36ClFN6O3/c1-18-25(26-23(33)8-7-9-24(26)40)22(32)14-20-27(18)35-29(39-16-19(17-39)36(5)6)21(15-34)28(20)37-10-12-38(13-11-37)30(41)42-31(2,3)4/h7-9,14,19,40H,10-13,16-17H2,1-6H3. The molecule has 0 saturated carbocycles. The summed E-state index contributed by atoms with van der Waals surface area (Å²) < 4.78 is 20.6. The van der Waals surface area contributed by atoms with E-state index in [9.17, 15) is 15.2 Å². The lowest BCUT2D eigenvalue weighted by atomic mass is 9.94. The van der Waals surface area contributed by atoms with Crippen LogP contribution in [0.15, 0.2) is 24.3 Å². The van der Waals surface area contributed by atoms with Crippen LogP contribution in [0.2, 0.25) is 5.02 Å². The minimum absolute atomic E-state index is 0.0127. The number of rotatable bonds is 4. The molecule has 0 bridgehead atoms. The number of ether oxygens (including phenoxy) is 1. The number of likely N-dealkylation sites (N-methyl/N-ethyl adjacent to an activating group) is 1. The summed E-state index contributed by atoms with van der Waals surface area (Å²) in [5.41, 5.74) is 2.06. The predicted molar refractivity (Wildman–Crippen MR) is 163 cm³/mol. The molecule has 222 valence electrons. The fraction of sp³-hybridized carbons (Fsp3) is 0.452. The molecular formula is C31H36ClFN6O3. The Kier molecular flexibility index (Phi) is 7.86. The highest BCUT2D eigenvalue weighted by atomic mass is 35.5. The van der Waals surface area contributed by atoms with E-state index >= 15 is 4.39 Å². The first-order chi connectivity index (χ1) is 19.8. The van der Waals surface area contributed by atoms with Gasteiger partial charge in [0, 0.05) is 61.3 Å². The second kappa shape index (κ2) is 11.1. The first kappa shape index (κ1) is 29.7. The summed E-state index contributed by atoms with van der Waals surface area (Å²) in [6.45, 7) is 10.5. The number of carbonyl (C=O) groups excluding carboxylic acids is 1. The van der Waals surface area contributed by atoms with Crippen molar-refractivity contribution >= 4 is 40.1 Å². The van der Waals surface area contributed by atoms with Crippen molar-refractivity contribution in [3.63, 3.8) is 0 Å². The maximum Gasteiger partial charge on any atom is 0.410 e. The molecule has 1 N–H and O–H groups in total. The number of benzene rings is 2. The Balaban J connectivity index is 1.64. The number of hydrogen-bond acceptors (Lipinski definition) is 8. The largest absolute Gasteiger partial charge is 0.507 e. The quantitative estimate of drug-likeness (QED) is 0.430. The highest BCUT2D eigenvalue weighted by Crippen LogP contribution is 2.46. The van der Waals surface area contributed by atoms with E-state index in [0.717, 1.165) is 0 Å². The first-order valence-corrected chi connectivity index (χ1v) is 14.4. The lowest BCUT2D eigenvalue weighted by Gasteiger charge is -2.44. The van der Waals surface area contributed by atoms with Gasteiger partial charge in [-0.1, -0.05) is 17.7 Å². The van der Waals surface area contributed by atoms with Crippen LogP contribution in [-0.2, 0) is 4.74 Å². The van der Waals surface area contributed by atoms with Crippen molar-refractivity contribution in [2.75, 3.05) is 63.2 Å². The number of phenolic OH excluding ortho intramolecular Hbond substituents is 1. The average Bonchev–Trinajstić information content (AvgIpc) is 2.88. The van der Waals surface area contributed by atoms with Crippen LogP contribution in [0.5, 0.6) is 5.75 Å². The van der Waals surface area contributed by atoms with Crippen LogP contribution in [0, 0.1) is 24.1 Å². The van der Waals surface area contributed by atoms with Crippen molar-refractivity contribution in [2.45, 2.75) is 39.3 Å². The third-order valence-corrected chi connectivity index (χ3v) is 8.22. The fourth-order valence-electron chi connectivity index (χ4n) is 5.62. The molecule has 0 radical (unpaired) electrons. The molecule has 0 spiro atoms. The molecule has 0 atom stereocenters. The van der Waals surface area contributed by atoms with E-state index in [2.05, 4.69) is 20.8 Å². The van der Waals surface area contributed by atoms with Gasteiger partial charge in [-0.05, 0) is 65.6 Å². The molecule has 1 aromatic heterocycles. The number of carbonyl (C=O) groups is 1. The highest BCUT2D eigenvalue weighted by Gasteiger charge is 2.35. The van der Waals surface area contributed by atoms with Gasteiger partial charge in [0.2, 0.25) is 0 Å². The van der Waals surface area contributed by atoms with Crippen LogP contribution in [-0.4, -0.2) is 91.0 Å². The number of aryl methyl sites for hydroxylation is 1. The van der Waals surface area contributed by atoms with Gasteiger partial charge in [-0.25, -0.2) is 14.2 Å². The third-order valence-electron chi connectivity index (χ3n) is 7.92. The van der Waals surface area contributed by atoms with Gasteiger partial charge in [-0.15, -0.1) is 0 Å². The van der Waals surface area contributed by atoms with E-state index in [4.69, 9.17) is 21.3 Å². The zero-order valence-electron chi connectivity index (χ0n) is 24.8. The molecular weight excluding hydrogens is 559 g/mol. The second-order valence-electron chi connectivity index (χ2n) is 12.1. The van der Waals surface area contributed by atoms with Crippen LogP contribution in [0.4, 0.5) is 20.7 Å². The van der Waals surface area contributed by atoms with Crippen LogP contribution in [0.1, 0.15) is 31.9 Å². The maximum absolute atomic E-state index is 15.0. The van der Waals surface area contributed by atoms with E-state index in [1.165, 1.54) is 18.2 Å². The summed E-state index contributed by atoms with van der Waals surface area (Å²) >= 11 is 6.82. The van der Waals surface area contributed by atoms with E-state index < -0.39 is 11.4 Å². The number of halogens is 2. The predicted octanol–water partition coefficient (Wildman–Crippen LogP) is 5.39. The Morgan fingerprint density at radius 3 is 2.40 bits per heavy atom. The normalized spacial score (nSPS) is 16.1. The zero-order chi connectivity index (χ0) is 30.5. The van der Waals surface area contributed by atoms with Crippen molar-refractivity contribution in [3.05, 3.63) is 46.2 Å². The number of nitriles is 1. The molecule has 0 aliphatic carbocycles. The smallest absolute Gasteiger partial charge is 0.410 e. The Morgan fingerprint density at radius 2 is 1.83 bits per heavy atom. The van der Waals surface area contributed by atoms with Crippen molar-refractivity contribution < 1.29 is 19.0 Å². The minimum Gasteiger partial charge on any atom is -0.507 e. The van der Waals surface area contributed by atoms with E-state index in [-0.39, 0.29) is 22.4 Å². The molecule has 0 unspecified atom stereocenters. The summed E-state index contributed by atoms with van der Waals surface area (Å²) in [5.74, 6) is -0.256. The van der Waals surface area contributed by atoms with Crippen LogP contribution in [0.3, 0.4) is 0 Å². The summed E-state index contributed by atoms with van der Waals surface area (Å²) in [4.78, 5) is 25.7. The summed E-state index contributed by atoms with van der Waals surface area (Å²) in [6.07, 6.45) is -0.369. The number of fused-ring (bicyclic) bond motifs is 1. The van der Waals surface area contributed by atoms with Gasteiger partial charge in [0.1, 0.15) is 34.6 Å². The molecule has 42 heavy (non-hydrogen) atoms. The van der Waals surface area contributed by atoms with Crippen molar-refractivity contribution in [3.8, 4) is 22.9 Å². The molecule has 5 rings (SSSR count). The van der Waals surface area contributed by atoms with Crippen molar-refractivity contribution in [2.24, 2.45) is 0 Å². The molecule has 2 aliphatic rings. The fourth-order valence-corrected chi connectivity index (χ4v) is 5.96. The first-order valence-electron chi connectivity index (χ1n) is 14.0. The van der Waals surface area contributed by atoms with Gasteiger partial charge in [0.05, 0.1) is 16.8 Å². The number of amides is 1. The van der Waals surface area contributed by atoms with Crippen molar-refractivity contribution in [1.29, 1.82) is 5.26 Å². The Hall–Kier alpha value is -3.81. The summed E-state index contributed by atoms with van der Waals surface area (Å²) in [6, 6.07) is 8.58. The zero-order valence-corrected chi connectivity index (χ0v) is 25.6. The average molecular weight is 595 g/mol. The monoisotopic (exact) mass is 594 g/mol. The number of aromatic nitrogens is 1. The minimum atomic E-state index is -0.599. The van der Waals surface area contributed by atoms with Crippen LogP contribution < -0.4 is 9.80 Å². The Labute approximate surface area is 250 Å². The van der Waals surface area contributed by atoms with Gasteiger partial charge in [0.25, 0.3) is 0 Å². The molecule has 2 aromatic carbocycles. The Morgan fingerprint density at radius 1 is 1.17 bits per heavy atom. The van der Waals surface area contributed by atoms with E-state index in [0.29, 0.717) is 84.4 Å². The number of aromatic hydroxyl groups is 1. The number of pyridine rings is 1. The molecule has 2 saturated heterocycles. The molecule has 3 aromatic rings. The lowest BCUT2D eigenvalue weighted by Crippen LogP contribution is -2.58. The molecule has 2 fully saturated rings. The summed E-state index contributed by atoms with van der Waals surface area (Å²) in [5, 5.41) is 22.0. The number of piperazine rings is 1. The summed E-state index contributed by atoms with van der Waals surface area (Å²) in [7, 11) is 4.05. The maximum atomic E-state index is 15.0. The van der Waals surface area contributed by atoms with Crippen LogP contribution in [0.25, 0.3) is 22.0 Å². The second-order valence-corrected chi connectivity index (χ2v) is 12.5. The molecule has 2 aliphatic heterocycles. The number of phenols is 1. The third kappa shape index (κ3) is 5.39. The lowest BCUT2D eigenvalue weighted by molar-refractivity contribution is 0.0240. The molecule has 1 amide bonds. The number of hydrogen-bond donors (Lipinski definition) is 1. The van der Waals surface area contributed by atoms with Gasteiger partial charge in [-0.3, -0.25) is 0 Å². The van der Waals surface area contributed by atoms with Gasteiger partial charge in [-0.2, -0.15) is 5.26 Å². The number of anilines is 2. The van der Waals surface area contributed by atoms with Crippen molar-refractivity contribution in [1.82, 2.24) is 14.8 Å². The van der Waals surface area contributed by atoms with Gasteiger partial charge in [0.15, 0.2) is 0 Å². The Bertz CT molecular complexity index is 1560. The van der Waals surface area contributed by atoms with Gasteiger partial charge >= 0.3 is 6.09 Å². The van der Waals surface area contributed by atoms with Crippen LogP contribution >= 0.6 is 11.6 Å².